The lowest BCUT2D eigenvalue weighted by molar-refractivity contribution is -0.111. The molecule has 1 aliphatic carbocycles. The average Bonchev–Trinajstić information content (AvgIpc) is 3.30. The number of nitrogens with zero attached hydrogens (tertiary/aromatic N) is 3. The molecule has 1 amide bonds. The van der Waals surface area contributed by atoms with Gasteiger partial charge in [-0.25, -0.2) is 9.78 Å². The molecule has 4 aromatic rings. The number of carbonyl (C=O) groups is 1. The van der Waals surface area contributed by atoms with Crippen LogP contribution in [0.15, 0.2) is 70.9 Å². The van der Waals surface area contributed by atoms with E-state index in [-0.39, 0.29) is 17.2 Å². The molecule has 0 saturated heterocycles. The van der Waals surface area contributed by atoms with E-state index < -0.39 is 5.56 Å². The van der Waals surface area contributed by atoms with Gasteiger partial charge in [0, 0.05) is 21.4 Å². The number of amides is 1. The zero-order chi connectivity index (χ0) is 24.4. The Balaban J connectivity index is 1.56. The summed E-state index contributed by atoms with van der Waals surface area (Å²) < 4.78 is 1.69. The van der Waals surface area contributed by atoms with E-state index in [1.54, 1.807) is 16.8 Å². The topological polar surface area (TPSA) is 119 Å². The molecule has 0 bridgehead atoms. The van der Waals surface area contributed by atoms with Crippen LogP contribution in [0, 0.1) is 0 Å². The molecule has 5 rings (SSSR count). The summed E-state index contributed by atoms with van der Waals surface area (Å²) in [6.45, 7) is 3.47. The van der Waals surface area contributed by atoms with Gasteiger partial charge >= 0.3 is 0 Å². The summed E-state index contributed by atoms with van der Waals surface area (Å²) in [5.74, 6) is -0.0868. The quantitative estimate of drug-likeness (QED) is 0.333. The van der Waals surface area contributed by atoms with Crippen molar-refractivity contribution in [3.8, 4) is 16.9 Å². The van der Waals surface area contributed by atoms with Crippen molar-refractivity contribution in [1.29, 1.82) is 0 Å². The second-order valence-electron chi connectivity index (χ2n) is 8.56. The second-order valence-corrected chi connectivity index (χ2v) is 9.94. The Labute approximate surface area is 206 Å². The molecule has 8 nitrogen and oxygen atoms in total. The largest absolute Gasteiger partial charge is 0.382 e. The van der Waals surface area contributed by atoms with Gasteiger partial charge in [0.2, 0.25) is 5.91 Å². The number of benzene rings is 2. The molecule has 0 unspecified atom stereocenters. The fourth-order valence-electron chi connectivity index (χ4n) is 4.44. The molecule has 2 aromatic heterocycles. The number of hydrogen-bond donors (Lipinski definition) is 3. The van der Waals surface area contributed by atoms with Crippen molar-refractivity contribution in [2.75, 3.05) is 11.1 Å². The average molecular weight is 487 g/mol. The van der Waals surface area contributed by atoms with Crippen LogP contribution in [0.5, 0.6) is 0 Å². The van der Waals surface area contributed by atoms with Crippen LogP contribution < -0.4 is 16.6 Å². The molecule has 2 aromatic carbocycles. The number of carbonyl (C=O) groups excluding carboxylic acids is 1. The highest BCUT2D eigenvalue weighted by Crippen LogP contribution is 2.37. The van der Waals surface area contributed by atoms with Gasteiger partial charge in [-0.2, -0.15) is 10.2 Å². The summed E-state index contributed by atoms with van der Waals surface area (Å²) in [6, 6.07) is 15.5. The normalized spacial score (nSPS) is 14.2. The van der Waals surface area contributed by atoms with E-state index in [4.69, 9.17) is 5.73 Å². The third kappa shape index (κ3) is 4.72. The molecule has 0 aliphatic heterocycles. The molecule has 4 N–H and O–H groups in total. The van der Waals surface area contributed by atoms with E-state index in [0.717, 1.165) is 5.56 Å². The van der Waals surface area contributed by atoms with Crippen LogP contribution in [0.2, 0.25) is 0 Å². The molecule has 1 saturated carbocycles. The summed E-state index contributed by atoms with van der Waals surface area (Å²) in [5.41, 5.74) is 8.92. The van der Waals surface area contributed by atoms with Gasteiger partial charge in [-0.15, -0.1) is 11.8 Å². The fraction of sp³-hybridized carbons (Fsp3) is 0.231. The highest BCUT2D eigenvalue weighted by molar-refractivity contribution is 8.00. The summed E-state index contributed by atoms with van der Waals surface area (Å²) >= 11 is 1.93. The summed E-state index contributed by atoms with van der Waals surface area (Å²) in [5, 5.41) is 14.9. The molecular weight excluding hydrogens is 460 g/mol. The molecule has 0 radical (unpaired) electrons. The number of hydrogen-bond acceptors (Lipinski definition) is 6. The van der Waals surface area contributed by atoms with Gasteiger partial charge in [0.25, 0.3) is 5.56 Å². The summed E-state index contributed by atoms with van der Waals surface area (Å²) in [6.07, 6.45) is 7.68. The van der Waals surface area contributed by atoms with Crippen molar-refractivity contribution in [3.05, 3.63) is 71.5 Å². The number of nitrogens with two attached hydrogens (primary N) is 1. The molecular formula is C26H26N6O2S. The Bertz CT molecular complexity index is 1430. The molecule has 35 heavy (non-hydrogen) atoms. The Morgan fingerprint density at radius 3 is 2.51 bits per heavy atom. The minimum atomic E-state index is -0.409. The summed E-state index contributed by atoms with van der Waals surface area (Å²) in [7, 11) is 0. The van der Waals surface area contributed by atoms with E-state index in [1.807, 2.05) is 36.0 Å². The van der Waals surface area contributed by atoms with E-state index in [1.165, 1.54) is 43.1 Å². The molecule has 1 fully saturated rings. The van der Waals surface area contributed by atoms with E-state index in [2.05, 4.69) is 39.3 Å². The zero-order valence-corrected chi connectivity index (χ0v) is 20.0. The van der Waals surface area contributed by atoms with Gasteiger partial charge in [-0.1, -0.05) is 38.0 Å². The molecule has 2 heterocycles. The molecule has 0 atom stereocenters. The number of thioether (sulfide) groups is 1. The molecule has 9 heteroatoms. The van der Waals surface area contributed by atoms with E-state index >= 15 is 0 Å². The number of aromatic amines is 1. The van der Waals surface area contributed by atoms with Crippen molar-refractivity contribution < 1.29 is 4.79 Å². The minimum Gasteiger partial charge on any atom is -0.382 e. The van der Waals surface area contributed by atoms with Crippen molar-refractivity contribution in [2.24, 2.45) is 0 Å². The highest BCUT2D eigenvalue weighted by Gasteiger charge is 2.21. The van der Waals surface area contributed by atoms with Crippen LogP contribution >= 0.6 is 11.8 Å². The molecule has 178 valence electrons. The predicted octanol–water partition coefficient (Wildman–Crippen LogP) is 4.91. The van der Waals surface area contributed by atoms with Crippen LogP contribution in [0.1, 0.15) is 32.1 Å². The fourth-order valence-corrected chi connectivity index (χ4v) is 5.69. The molecule has 0 spiro atoms. The number of aromatic nitrogens is 4. The number of rotatable bonds is 6. The Morgan fingerprint density at radius 1 is 1.11 bits per heavy atom. The maximum absolute atomic E-state index is 12.5. The van der Waals surface area contributed by atoms with Gasteiger partial charge in [0.15, 0.2) is 11.3 Å². The zero-order valence-electron chi connectivity index (χ0n) is 19.2. The first-order valence-corrected chi connectivity index (χ1v) is 12.5. The Kier molecular flexibility index (Phi) is 6.41. The number of nitrogen functional groups attached to an aromatic ring is 1. The third-order valence-electron chi connectivity index (χ3n) is 6.18. The third-order valence-corrected chi connectivity index (χ3v) is 7.53. The van der Waals surface area contributed by atoms with Crippen LogP contribution in [-0.4, -0.2) is 31.1 Å². The van der Waals surface area contributed by atoms with Crippen molar-refractivity contribution >= 4 is 40.1 Å². The van der Waals surface area contributed by atoms with Crippen LogP contribution in [0.4, 0.5) is 11.5 Å². The lowest BCUT2D eigenvalue weighted by Crippen LogP contribution is -2.10. The lowest BCUT2D eigenvalue weighted by atomic mass is 10.0. The van der Waals surface area contributed by atoms with E-state index in [0.29, 0.717) is 27.7 Å². The Morgan fingerprint density at radius 2 is 1.83 bits per heavy atom. The Hall–Kier alpha value is -3.85. The van der Waals surface area contributed by atoms with Gasteiger partial charge < -0.3 is 11.1 Å². The first-order chi connectivity index (χ1) is 17.0. The summed E-state index contributed by atoms with van der Waals surface area (Å²) in [4.78, 5) is 25.4. The molecule has 1 aliphatic rings. The number of nitrogens with one attached hydrogen (secondary N) is 2. The lowest BCUT2D eigenvalue weighted by Gasteiger charge is -2.21. The first kappa shape index (κ1) is 22.9. The standard InChI is InChI=1S/C26H26N6O2S/c1-2-21(33)28-17-10-12-18(13-11-17)32-24(22-23(31-32)26(34)30-29-25(22)27)16-8-14-20(15-9-16)35-19-6-4-3-5-7-19/h2,8-15,19H,1,3-7H2,(H2,27,29)(H,28,33)(H,30,34). The smallest absolute Gasteiger partial charge is 0.292 e. The maximum Gasteiger partial charge on any atom is 0.292 e. The number of anilines is 2. The van der Waals surface area contributed by atoms with Gasteiger partial charge in [-0.3, -0.25) is 9.59 Å². The minimum absolute atomic E-state index is 0.205. The van der Waals surface area contributed by atoms with E-state index in [9.17, 15) is 9.59 Å². The maximum atomic E-state index is 12.5. The van der Waals surface area contributed by atoms with Gasteiger partial charge in [0.05, 0.1) is 16.8 Å². The predicted molar refractivity (Wildman–Crippen MR) is 141 cm³/mol. The SMILES string of the molecule is C=CC(=O)Nc1ccc(-n2nc3c(=O)[nH]nc(N)c3c2-c2ccc(SC3CCCCC3)cc2)cc1. The number of fused-ring (bicyclic) bond motifs is 1. The first-order valence-electron chi connectivity index (χ1n) is 11.6. The van der Waals surface area contributed by atoms with Gasteiger partial charge in [-0.05, 0) is 55.3 Å². The van der Waals surface area contributed by atoms with Gasteiger partial charge in [0.1, 0.15) is 0 Å². The van der Waals surface area contributed by atoms with Crippen LogP contribution in [-0.2, 0) is 4.79 Å². The second kappa shape index (κ2) is 9.79. The highest BCUT2D eigenvalue weighted by atomic mass is 32.2. The number of H-pyrrole nitrogens is 1. The van der Waals surface area contributed by atoms with Crippen LogP contribution in [0.3, 0.4) is 0 Å². The van der Waals surface area contributed by atoms with Crippen LogP contribution in [0.25, 0.3) is 27.8 Å². The monoisotopic (exact) mass is 486 g/mol. The van der Waals surface area contributed by atoms with Crippen molar-refractivity contribution in [2.45, 2.75) is 42.2 Å². The van der Waals surface area contributed by atoms with Crippen molar-refractivity contribution in [3.63, 3.8) is 0 Å². The van der Waals surface area contributed by atoms with Crippen molar-refractivity contribution in [1.82, 2.24) is 20.0 Å².